The number of likely N-dealkylation sites (tertiary alicyclic amines) is 1. The fraction of sp³-hybridized carbons (Fsp3) is 0.500. The number of anilines is 1. The van der Waals surface area contributed by atoms with E-state index < -0.39 is 0 Å². The zero-order valence-electron chi connectivity index (χ0n) is 18.3. The number of fused-ring (bicyclic) bond motifs is 1. The lowest BCUT2D eigenvalue weighted by molar-refractivity contribution is -0.127. The van der Waals surface area contributed by atoms with Crippen LogP contribution in [0.2, 0.25) is 0 Å². The van der Waals surface area contributed by atoms with E-state index in [0.717, 1.165) is 57.2 Å². The second kappa shape index (κ2) is 10.5. The van der Waals surface area contributed by atoms with Crippen LogP contribution < -0.4 is 10.2 Å². The molecule has 1 unspecified atom stereocenters. The number of hydrogen-bond acceptors (Lipinski definition) is 4. The summed E-state index contributed by atoms with van der Waals surface area (Å²) in [4.78, 5) is 21.1. The van der Waals surface area contributed by atoms with Crippen molar-refractivity contribution in [1.29, 1.82) is 0 Å². The minimum Gasteiger partial charge on any atom is -0.469 e. The molecule has 2 aliphatic rings. The van der Waals surface area contributed by atoms with Crippen molar-refractivity contribution >= 4 is 17.6 Å². The highest BCUT2D eigenvalue weighted by molar-refractivity contribution is 5.98. The van der Waals surface area contributed by atoms with Gasteiger partial charge in [0.05, 0.1) is 19.4 Å². The number of guanidine groups is 1. The lowest BCUT2D eigenvalue weighted by Gasteiger charge is -2.24. The average Bonchev–Trinajstić information content (AvgIpc) is 3.52. The van der Waals surface area contributed by atoms with Crippen molar-refractivity contribution < 1.29 is 13.9 Å². The number of carbonyl (C=O) groups excluding carboxylic acids is 1. The van der Waals surface area contributed by atoms with Gasteiger partial charge in [-0.2, -0.15) is 0 Å². The van der Waals surface area contributed by atoms with Crippen LogP contribution in [0.1, 0.15) is 36.5 Å². The van der Waals surface area contributed by atoms with Crippen molar-refractivity contribution in [3.63, 3.8) is 0 Å². The number of hydrogen-bond donors (Lipinski definition) is 1. The largest absolute Gasteiger partial charge is 0.469 e. The van der Waals surface area contributed by atoms with Crippen molar-refractivity contribution in [2.75, 3.05) is 51.3 Å². The van der Waals surface area contributed by atoms with Crippen molar-refractivity contribution in [2.45, 2.75) is 31.6 Å². The normalized spacial score (nSPS) is 18.7. The topological polar surface area (TPSA) is 70.3 Å². The third-order valence-electron chi connectivity index (χ3n) is 6.04. The molecule has 0 radical (unpaired) electrons. The molecule has 3 heterocycles. The van der Waals surface area contributed by atoms with Crippen molar-refractivity contribution in [2.24, 2.45) is 4.99 Å². The number of benzene rings is 1. The molecule has 1 saturated heterocycles. The molecule has 4 rings (SSSR count). The Kier molecular flexibility index (Phi) is 7.25. The monoisotopic (exact) mass is 424 g/mol. The summed E-state index contributed by atoms with van der Waals surface area (Å²) in [6.45, 7) is 4.51. The summed E-state index contributed by atoms with van der Waals surface area (Å²) in [7, 11) is 1.69. The van der Waals surface area contributed by atoms with Gasteiger partial charge in [-0.3, -0.25) is 9.79 Å². The SMILES string of the molecule is COCCN=C(NCCc1ccco1)N1CC(CCN2CCCC2=O)c2ccccc21. The molecule has 2 aliphatic heterocycles. The molecule has 0 aliphatic carbocycles. The van der Waals surface area contributed by atoms with Gasteiger partial charge in [0, 0.05) is 57.7 Å². The molecule has 1 aromatic carbocycles. The van der Waals surface area contributed by atoms with E-state index in [9.17, 15) is 4.79 Å². The first kappa shape index (κ1) is 21.4. The fourth-order valence-corrected chi connectivity index (χ4v) is 4.43. The van der Waals surface area contributed by atoms with Crippen molar-refractivity contribution in [3.05, 3.63) is 54.0 Å². The molecule has 1 N–H and O–H groups in total. The first-order valence-electron chi connectivity index (χ1n) is 11.2. The molecule has 0 saturated carbocycles. The maximum atomic E-state index is 12.0. The number of rotatable bonds is 9. The summed E-state index contributed by atoms with van der Waals surface area (Å²) in [5.41, 5.74) is 2.53. The minimum absolute atomic E-state index is 0.296. The number of aliphatic imine (C=N–C) groups is 1. The molecule has 1 atom stereocenters. The molecule has 166 valence electrons. The summed E-state index contributed by atoms with van der Waals surface area (Å²) in [6, 6.07) is 12.5. The third-order valence-corrected chi connectivity index (χ3v) is 6.04. The second-order valence-electron chi connectivity index (χ2n) is 8.09. The Balaban J connectivity index is 1.45. The third kappa shape index (κ3) is 5.28. The summed E-state index contributed by atoms with van der Waals surface area (Å²) in [6.07, 6.45) is 5.16. The number of furan rings is 1. The summed E-state index contributed by atoms with van der Waals surface area (Å²) in [5.74, 6) is 2.50. The van der Waals surface area contributed by atoms with Crippen LogP contribution in [0.25, 0.3) is 0 Å². The van der Waals surface area contributed by atoms with Gasteiger partial charge in [0.1, 0.15) is 5.76 Å². The van der Waals surface area contributed by atoms with Crippen LogP contribution in [-0.2, 0) is 16.0 Å². The van der Waals surface area contributed by atoms with Crippen LogP contribution in [0.3, 0.4) is 0 Å². The van der Waals surface area contributed by atoms with Crippen LogP contribution in [0.5, 0.6) is 0 Å². The number of ether oxygens (including phenoxy) is 1. The first-order chi connectivity index (χ1) is 15.3. The van der Waals surface area contributed by atoms with E-state index in [1.165, 1.54) is 11.3 Å². The predicted octanol–water partition coefficient (Wildman–Crippen LogP) is 3.03. The van der Waals surface area contributed by atoms with Gasteiger partial charge in [-0.05, 0) is 36.6 Å². The van der Waals surface area contributed by atoms with E-state index in [0.29, 0.717) is 31.4 Å². The highest BCUT2D eigenvalue weighted by Crippen LogP contribution is 2.38. The molecule has 1 aromatic heterocycles. The van der Waals surface area contributed by atoms with Crippen molar-refractivity contribution in [3.8, 4) is 0 Å². The van der Waals surface area contributed by atoms with E-state index in [1.807, 2.05) is 17.0 Å². The average molecular weight is 425 g/mol. The minimum atomic E-state index is 0.296. The summed E-state index contributed by atoms with van der Waals surface area (Å²) in [5, 5.41) is 3.52. The summed E-state index contributed by atoms with van der Waals surface area (Å²) >= 11 is 0. The van der Waals surface area contributed by atoms with Gasteiger partial charge in [0.15, 0.2) is 5.96 Å². The quantitative estimate of drug-likeness (QED) is 0.381. The predicted molar refractivity (Wildman–Crippen MR) is 122 cm³/mol. The number of methoxy groups -OCH3 is 1. The number of amides is 1. The molecule has 1 amide bonds. The fourth-order valence-electron chi connectivity index (χ4n) is 4.43. The highest BCUT2D eigenvalue weighted by Gasteiger charge is 2.32. The van der Waals surface area contributed by atoms with Crippen LogP contribution in [-0.4, -0.2) is 63.2 Å². The van der Waals surface area contributed by atoms with Gasteiger partial charge in [0.2, 0.25) is 5.91 Å². The Bertz CT molecular complexity index is 881. The molecule has 0 bridgehead atoms. The van der Waals surface area contributed by atoms with Gasteiger partial charge < -0.3 is 24.3 Å². The van der Waals surface area contributed by atoms with Gasteiger partial charge in [-0.25, -0.2) is 0 Å². The van der Waals surface area contributed by atoms with Gasteiger partial charge >= 0.3 is 0 Å². The Morgan fingerprint density at radius 2 is 2.19 bits per heavy atom. The number of nitrogens with one attached hydrogen (secondary N) is 1. The molecule has 0 spiro atoms. The standard InChI is InChI=1S/C24H32N4O3/c1-30-17-13-26-24(25-12-10-20-6-5-16-31-20)28-18-19(21-7-2-3-8-22(21)28)11-15-27-14-4-9-23(27)29/h2-3,5-8,16,19H,4,9-15,17-18H2,1H3,(H,25,26). The van der Waals surface area contributed by atoms with Crippen molar-refractivity contribution in [1.82, 2.24) is 10.2 Å². The molecule has 31 heavy (non-hydrogen) atoms. The smallest absolute Gasteiger partial charge is 0.222 e. The molecular formula is C24H32N4O3. The zero-order valence-corrected chi connectivity index (χ0v) is 18.3. The van der Waals surface area contributed by atoms with E-state index in [4.69, 9.17) is 14.1 Å². The Hall–Kier alpha value is -2.80. The van der Waals surface area contributed by atoms with Gasteiger partial charge in [-0.15, -0.1) is 0 Å². The van der Waals surface area contributed by atoms with E-state index in [1.54, 1.807) is 13.4 Å². The van der Waals surface area contributed by atoms with E-state index in [2.05, 4.69) is 34.5 Å². The van der Waals surface area contributed by atoms with Crippen LogP contribution in [0.4, 0.5) is 5.69 Å². The zero-order chi connectivity index (χ0) is 21.5. The summed E-state index contributed by atoms with van der Waals surface area (Å²) < 4.78 is 10.7. The van der Waals surface area contributed by atoms with Crippen LogP contribution in [0.15, 0.2) is 52.1 Å². The van der Waals surface area contributed by atoms with Gasteiger partial charge in [0.25, 0.3) is 0 Å². The maximum Gasteiger partial charge on any atom is 0.222 e. The Morgan fingerprint density at radius 3 is 2.97 bits per heavy atom. The first-order valence-corrected chi connectivity index (χ1v) is 11.2. The number of para-hydroxylation sites is 1. The van der Waals surface area contributed by atoms with Gasteiger partial charge in [-0.1, -0.05) is 18.2 Å². The Labute approximate surface area is 184 Å². The lowest BCUT2D eigenvalue weighted by Crippen LogP contribution is -2.42. The van der Waals surface area contributed by atoms with Crippen LogP contribution in [0, 0.1) is 0 Å². The molecule has 7 heteroatoms. The van der Waals surface area contributed by atoms with Crippen LogP contribution >= 0.6 is 0 Å². The highest BCUT2D eigenvalue weighted by atomic mass is 16.5. The number of carbonyl (C=O) groups is 1. The molecule has 1 fully saturated rings. The lowest BCUT2D eigenvalue weighted by atomic mass is 9.98. The maximum absolute atomic E-state index is 12.0. The van der Waals surface area contributed by atoms with E-state index in [-0.39, 0.29) is 0 Å². The Morgan fingerprint density at radius 1 is 1.29 bits per heavy atom. The molecule has 2 aromatic rings. The molecule has 7 nitrogen and oxygen atoms in total. The second-order valence-corrected chi connectivity index (χ2v) is 8.09. The molecular weight excluding hydrogens is 392 g/mol. The number of nitrogens with zero attached hydrogens (tertiary/aromatic N) is 3. The van der Waals surface area contributed by atoms with E-state index >= 15 is 0 Å².